The van der Waals surface area contributed by atoms with Gasteiger partial charge < -0.3 is 9.47 Å². The third-order valence-electron chi connectivity index (χ3n) is 3.20. The normalized spacial score (nSPS) is 10.6. The summed E-state index contributed by atoms with van der Waals surface area (Å²) in [6, 6.07) is 8.02. The van der Waals surface area contributed by atoms with E-state index in [1.165, 1.54) is 11.6 Å². The Labute approximate surface area is 130 Å². The number of hydrogen-bond acceptors (Lipinski definition) is 3. The minimum atomic E-state index is -0.318. The lowest BCUT2D eigenvalue weighted by Gasteiger charge is -2.20. The summed E-state index contributed by atoms with van der Waals surface area (Å²) in [5.41, 5.74) is 1.06. The lowest BCUT2D eigenvalue weighted by Crippen LogP contribution is -2.39. The van der Waals surface area contributed by atoms with Crippen LogP contribution in [0.15, 0.2) is 40.1 Å². The van der Waals surface area contributed by atoms with Gasteiger partial charge in [0.15, 0.2) is 0 Å². The van der Waals surface area contributed by atoms with Gasteiger partial charge in [-0.05, 0) is 34.2 Å². The summed E-state index contributed by atoms with van der Waals surface area (Å²) in [5, 5.41) is 0. The molecule has 6 heteroatoms. The quantitative estimate of drug-likeness (QED) is 0.750. The lowest BCUT2D eigenvalue weighted by atomic mass is 10.2. The van der Waals surface area contributed by atoms with Crippen LogP contribution in [0.2, 0.25) is 0 Å². The van der Waals surface area contributed by atoms with Crippen molar-refractivity contribution in [3.63, 3.8) is 0 Å². The van der Waals surface area contributed by atoms with Gasteiger partial charge in [0.05, 0.1) is 0 Å². The minimum absolute atomic E-state index is 0.276. The highest BCUT2D eigenvalue weighted by molar-refractivity contribution is 14.1. The number of aryl methyl sites for hydroxylation is 1. The zero-order valence-corrected chi connectivity index (χ0v) is 13.8. The predicted octanol–water partition coefficient (Wildman–Crippen LogP) is 1.32. The van der Waals surface area contributed by atoms with E-state index in [2.05, 4.69) is 22.6 Å². The fraction of sp³-hybridized carbons (Fsp3) is 0.286. The number of halogens is 1. The molecule has 0 aliphatic rings. The number of benzene rings is 1. The van der Waals surface area contributed by atoms with Gasteiger partial charge >= 0.3 is 5.69 Å². The Morgan fingerprint density at radius 1 is 1.20 bits per heavy atom. The van der Waals surface area contributed by atoms with Crippen molar-refractivity contribution >= 4 is 28.3 Å². The van der Waals surface area contributed by atoms with E-state index in [1.54, 1.807) is 13.2 Å². The van der Waals surface area contributed by atoms with Gasteiger partial charge in [-0.15, -0.1) is 0 Å². The van der Waals surface area contributed by atoms with Gasteiger partial charge in [0.2, 0.25) is 0 Å². The minimum Gasteiger partial charge on any atom is -0.365 e. The second-order valence-corrected chi connectivity index (χ2v) is 5.88. The maximum absolute atomic E-state index is 12.2. The first-order valence-corrected chi connectivity index (χ1v) is 7.21. The van der Waals surface area contributed by atoms with Gasteiger partial charge in [0.1, 0.15) is 5.69 Å². The Morgan fingerprint density at radius 3 is 2.50 bits per heavy atom. The van der Waals surface area contributed by atoms with Crippen LogP contribution in [0.1, 0.15) is 5.56 Å². The Morgan fingerprint density at radius 2 is 1.85 bits per heavy atom. The topological polar surface area (TPSA) is 47.2 Å². The highest BCUT2D eigenvalue weighted by Crippen LogP contribution is 2.15. The summed E-state index contributed by atoms with van der Waals surface area (Å²) in [7, 11) is 4.99. The summed E-state index contributed by atoms with van der Waals surface area (Å²) >= 11 is 2.28. The molecule has 0 aliphatic carbocycles. The van der Waals surface area contributed by atoms with Crippen LogP contribution in [-0.2, 0) is 20.6 Å². The molecule has 0 saturated heterocycles. The van der Waals surface area contributed by atoms with Gasteiger partial charge in [0, 0.05) is 37.5 Å². The van der Waals surface area contributed by atoms with E-state index in [9.17, 15) is 9.59 Å². The molecular formula is C14H16IN3O2. The first-order valence-electron chi connectivity index (χ1n) is 6.13. The van der Waals surface area contributed by atoms with Crippen LogP contribution in [0.25, 0.3) is 0 Å². The van der Waals surface area contributed by atoms with Crippen LogP contribution in [0, 0.1) is 3.57 Å². The number of aromatic nitrogens is 2. The van der Waals surface area contributed by atoms with Gasteiger partial charge in [-0.25, -0.2) is 4.79 Å². The lowest BCUT2D eigenvalue weighted by molar-refractivity contribution is 0.678. The molecule has 106 valence electrons. The average Bonchev–Trinajstić information content (AvgIpc) is 2.43. The Balaban J connectivity index is 2.40. The molecule has 5 nitrogen and oxygen atoms in total. The highest BCUT2D eigenvalue weighted by Gasteiger charge is 2.12. The van der Waals surface area contributed by atoms with E-state index in [-0.39, 0.29) is 11.2 Å². The first-order chi connectivity index (χ1) is 9.41. The fourth-order valence-corrected chi connectivity index (χ4v) is 2.58. The second-order valence-electron chi connectivity index (χ2n) is 4.72. The maximum Gasteiger partial charge on any atom is 0.330 e. The molecule has 0 spiro atoms. The number of rotatable bonds is 3. The molecule has 0 fully saturated rings. The van der Waals surface area contributed by atoms with E-state index in [0.29, 0.717) is 12.2 Å². The van der Waals surface area contributed by atoms with Crippen LogP contribution < -0.4 is 16.1 Å². The second kappa shape index (κ2) is 5.82. The number of hydrogen-bond donors (Lipinski definition) is 0. The molecule has 0 atom stereocenters. The molecule has 20 heavy (non-hydrogen) atoms. The van der Waals surface area contributed by atoms with E-state index in [4.69, 9.17) is 0 Å². The molecule has 0 N–H and O–H groups in total. The van der Waals surface area contributed by atoms with E-state index < -0.39 is 0 Å². The van der Waals surface area contributed by atoms with Crippen LogP contribution in [0.5, 0.6) is 0 Å². The molecule has 0 radical (unpaired) electrons. The zero-order valence-electron chi connectivity index (χ0n) is 11.6. The molecule has 0 unspecified atom stereocenters. The van der Waals surface area contributed by atoms with Crippen LogP contribution in [-0.4, -0.2) is 16.2 Å². The van der Waals surface area contributed by atoms with E-state index in [1.807, 2.05) is 36.2 Å². The fourth-order valence-electron chi connectivity index (χ4n) is 2.02. The van der Waals surface area contributed by atoms with Crippen LogP contribution in [0.3, 0.4) is 0 Å². The summed E-state index contributed by atoms with van der Waals surface area (Å²) < 4.78 is 3.70. The van der Waals surface area contributed by atoms with Gasteiger partial charge in [-0.2, -0.15) is 0 Å². The van der Waals surface area contributed by atoms with Crippen molar-refractivity contribution in [2.75, 3.05) is 11.9 Å². The summed E-state index contributed by atoms with van der Waals surface area (Å²) in [4.78, 5) is 25.7. The summed E-state index contributed by atoms with van der Waals surface area (Å²) in [5.74, 6) is 0. The standard InChI is InChI=1S/C14H16IN3O2/c1-16(8-10-6-4-5-7-11(10)15)12-9-17(2)14(20)18(3)13(12)19/h4-7,9H,8H2,1-3H3. The monoisotopic (exact) mass is 385 g/mol. The van der Waals surface area contributed by atoms with Crippen molar-refractivity contribution in [1.82, 2.24) is 9.13 Å². The molecule has 2 rings (SSSR count). The predicted molar refractivity (Wildman–Crippen MR) is 88.2 cm³/mol. The van der Waals surface area contributed by atoms with Gasteiger partial charge in [-0.1, -0.05) is 18.2 Å². The third-order valence-corrected chi connectivity index (χ3v) is 4.26. The van der Waals surface area contributed by atoms with Crippen LogP contribution >= 0.6 is 22.6 Å². The molecule has 1 aromatic heterocycles. The maximum atomic E-state index is 12.2. The molecule has 0 amide bonds. The Bertz CT molecular complexity index is 749. The van der Waals surface area contributed by atoms with Crippen molar-refractivity contribution in [2.24, 2.45) is 14.1 Å². The van der Waals surface area contributed by atoms with Crippen LogP contribution in [0.4, 0.5) is 5.69 Å². The number of nitrogens with zero attached hydrogens (tertiary/aromatic N) is 3. The number of anilines is 1. The molecule has 0 aliphatic heterocycles. The van der Waals surface area contributed by atoms with Gasteiger partial charge in [-0.3, -0.25) is 9.36 Å². The SMILES string of the molecule is CN(Cc1ccccc1I)c1cn(C)c(=O)n(C)c1=O. The van der Waals surface area contributed by atoms with Crippen molar-refractivity contribution in [3.05, 3.63) is 60.4 Å². The van der Waals surface area contributed by atoms with Gasteiger partial charge in [0.25, 0.3) is 5.56 Å². The van der Waals surface area contributed by atoms with Crippen molar-refractivity contribution in [1.29, 1.82) is 0 Å². The molecular weight excluding hydrogens is 369 g/mol. The molecule has 2 aromatic rings. The summed E-state index contributed by atoms with van der Waals surface area (Å²) in [6.45, 7) is 0.618. The van der Waals surface area contributed by atoms with E-state index >= 15 is 0 Å². The highest BCUT2D eigenvalue weighted by atomic mass is 127. The summed E-state index contributed by atoms with van der Waals surface area (Å²) in [6.07, 6.45) is 1.58. The van der Waals surface area contributed by atoms with E-state index in [0.717, 1.165) is 13.7 Å². The third kappa shape index (κ3) is 2.79. The molecule has 0 saturated carbocycles. The molecule has 0 bridgehead atoms. The Hall–Kier alpha value is -1.57. The smallest absolute Gasteiger partial charge is 0.330 e. The average molecular weight is 385 g/mol. The largest absolute Gasteiger partial charge is 0.365 e. The van der Waals surface area contributed by atoms with Crippen molar-refractivity contribution in [3.8, 4) is 0 Å². The molecule has 1 heterocycles. The van der Waals surface area contributed by atoms with Crippen molar-refractivity contribution < 1.29 is 0 Å². The molecule has 1 aromatic carbocycles. The zero-order chi connectivity index (χ0) is 14.9. The van der Waals surface area contributed by atoms with Crippen molar-refractivity contribution in [2.45, 2.75) is 6.54 Å². The Kier molecular flexibility index (Phi) is 4.32. The first kappa shape index (κ1) is 14.8.